The van der Waals surface area contributed by atoms with Gasteiger partial charge in [-0.3, -0.25) is 5.32 Å². The van der Waals surface area contributed by atoms with E-state index >= 15 is 0 Å². The summed E-state index contributed by atoms with van der Waals surface area (Å²) in [7, 11) is 8.52. The van der Waals surface area contributed by atoms with E-state index in [-0.39, 0.29) is 5.66 Å². The summed E-state index contributed by atoms with van der Waals surface area (Å²) in [4.78, 5) is 0. The summed E-state index contributed by atoms with van der Waals surface area (Å²) in [6.45, 7) is 4.38. The third-order valence-corrected chi connectivity index (χ3v) is 2.29. The number of hydrogen-bond acceptors (Lipinski definition) is 1. The van der Waals surface area contributed by atoms with Gasteiger partial charge in [0.05, 0.1) is 21.1 Å². The van der Waals surface area contributed by atoms with Crippen LogP contribution in [0.4, 0.5) is 0 Å². The summed E-state index contributed by atoms with van der Waals surface area (Å²) in [5.41, 5.74) is 0.167. The van der Waals surface area contributed by atoms with Crippen LogP contribution in [0.2, 0.25) is 0 Å². The van der Waals surface area contributed by atoms with Crippen LogP contribution >= 0.6 is 0 Å². The Bertz CT molecular complexity index is 89.6. The first kappa shape index (κ1) is 8.92. The van der Waals surface area contributed by atoms with E-state index in [9.17, 15) is 0 Å². The van der Waals surface area contributed by atoms with E-state index < -0.39 is 0 Å². The van der Waals surface area contributed by atoms with Crippen molar-refractivity contribution in [2.24, 2.45) is 0 Å². The molecular weight excluding hydrogens is 112 g/mol. The molecule has 0 atom stereocenters. The van der Waals surface area contributed by atoms with Crippen molar-refractivity contribution in [3.8, 4) is 0 Å². The molecule has 2 heteroatoms. The van der Waals surface area contributed by atoms with Gasteiger partial charge in [0.15, 0.2) is 0 Å². The lowest BCUT2D eigenvalue weighted by Crippen LogP contribution is -2.60. The molecule has 0 saturated heterocycles. The van der Waals surface area contributed by atoms with Crippen LogP contribution in [0.3, 0.4) is 0 Å². The molecule has 0 spiro atoms. The van der Waals surface area contributed by atoms with Crippen molar-refractivity contribution in [3.05, 3.63) is 0 Å². The minimum atomic E-state index is 0.167. The van der Waals surface area contributed by atoms with E-state index in [4.69, 9.17) is 0 Å². The number of rotatable bonds is 2. The predicted octanol–water partition coefficient (Wildman–Crippen LogP) is 0.648. The summed E-state index contributed by atoms with van der Waals surface area (Å²) in [5.74, 6) is 0. The summed E-state index contributed by atoms with van der Waals surface area (Å²) in [6, 6.07) is 0. The zero-order chi connectivity index (χ0) is 7.71. The van der Waals surface area contributed by atoms with Gasteiger partial charge < -0.3 is 4.48 Å². The van der Waals surface area contributed by atoms with Crippen molar-refractivity contribution in [1.29, 1.82) is 0 Å². The van der Waals surface area contributed by atoms with Crippen LogP contribution in [-0.2, 0) is 0 Å². The smallest absolute Gasteiger partial charge is 0.146 e. The molecule has 0 amide bonds. The molecular formula is C7H19N2+. The van der Waals surface area contributed by atoms with E-state index in [0.717, 1.165) is 4.48 Å². The molecule has 0 aromatic heterocycles. The summed E-state index contributed by atoms with van der Waals surface area (Å²) in [6.07, 6.45) is 0. The van der Waals surface area contributed by atoms with Crippen LogP contribution in [-0.4, -0.2) is 38.3 Å². The van der Waals surface area contributed by atoms with Crippen LogP contribution in [0.5, 0.6) is 0 Å². The first-order valence-electron chi connectivity index (χ1n) is 3.32. The fourth-order valence-corrected chi connectivity index (χ4v) is 0.335. The van der Waals surface area contributed by atoms with Crippen LogP contribution in [0.25, 0.3) is 0 Å². The van der Waals surface area contributed by atoms with Crippen molar-refractivity contribution in [1.82, 2.24) is 5.32 Å². The lowest BCUT2D eigenvalue weighted by molar-refractivity contribution is -0.923. The summed E-state index contributed by atoms with van der Waals surface area (Å²) in [5, 5.41) is 3.25. The third kappa shape index (κ3) is 1.95. The fourth-order valence-electron chi connectivity index (χ4n) is 0.335. The number of nitrogens with zero attached hydrogens (tertiary/aromatic N) is 1. The molecule has 0 radical (unpaired) electrons. The molecule has 0 rings (SSSR count). The first-order chi connectivity index (χ1) is 3.81. The molecule has 0 fully saturated rings. The van der Waals surface area contributed by atoms with E-state index in [0.29, 0.717) is 0 Å². The van der Waals surface area contributed by atoms with Crippen molar-refractivity contribution >= 4 is 0 Å². The lowest BCUT2D eigenvalue weighted by atomic mass is 10.2. The fraction of sp³-hybridized carbons (Fsp3) is 1.00. The second-order valence-electron chi connectivity index (χ2n) is 3.82. The van der Waals surface area contributed by atoms with Crippen LogP contribution < -0.4 is 5.32 Å². The van der Waals surface area contributed by atoms with Crippen molar-refractivity contribution in [3.63, 3.8) is 0 Å². The van der Waals surface area contributed by atoms with Gasteiger partial charge in [-0.25, -0.2) is 0 Å². The van der Waals surface area contributed by atoms with Gasteiger partial charge in [-0.2, -0.15) is 0 Å². The monoisotopic (exact) mass is 131 g/mol. The maximum atomic E-state index is 3.25. The molecule has 0 bridgehead atoms. The largest absolute Gasteiger partial charge is 0.314 e. The van der Waals surface area contributed by atoms with Gasteiger partial charge in [-0.15, -0.1) is 0 Å². The number of quaternary nitrogens is 1. The van der Waals surface area contributed by atoms with E-state index in [2.05, 4.69) is 40.3 Å². The molecule has 0 heterocycles. The second-order valence-corrected chi connectivity index (χ2v) is 3.82. The molecule has 0 aliphatic carbocycles. The molecule has 0 aliphatic rings. The average molecular weight is 131 g/mol. The van der Waals surface area contributed by atoms with Crippen molar-refractivity contribution < 1.29 is 4.48 Å². The van der Waals surface area contributed by atoms with Crippen LogP contribution in [0.1, 0.15) is 13.8 Å². The Kier molecular flexibility index (Phi) is 2.25. The first-order valence-corrected chi connectivity index (χ1v) is 3.32. The summed E-state index contributed by atoms with van der Waals surface area (Å²) >= 11 is 0. The SMILES string of the molecule is CNC(C)(C)[N+](C)(C)C. The topological polar surface area (TPSA) is 12.0 Å². The highest BCUT2D eigenvalue weighted by Crippen LogP contribution is 2.11. The van der Waals surface area contributed by atoms with Gasteiger partial charge in [0.1, 0.15) is 5.66 Å². The van der Waals surface area contributed by atoms with Gasteiger partial charge in [-0.1, -0.05) is 0 Å². The Balaban J connectivity index is 4.14. The quantitative estimate of drug-likeness (QED) is 0.428. The Labute approximate surface area is 58.4 Å². The van der Waals surface area contributed by atoms with Gasteiger partial charge in [0.2, 0.25) is 0 Å². The highest BCUT2D eigenvalue weighted by Gasteiger charge is 2.29. The summed E-state index contributed by atoms with van der Waals surface area (Å²) < 4.78 is 0.934. The zero-order valence-electron chi connectivity index (χ0n) is 7.45. The Morgan fingerprint density at radius 1 is 1.11 bits per heavy atom. The molecule has 0 unspecified atom stereocenters. The van der Waals surface area contributed by atoms with Crippen LogP contribution in [0.15, 0.2) is 0 Å². The normalized spacial score (nSPS) is 14.0. The molecule has 0 saturated carbocycles. The minimum absolute atomic E-state index is 0.167. The molecule has 0 aromatic rings. The molecule has 56 valence electrons. The Hall–Kier alpha value is -0.0800. The maximum Gasteiger partial charge on any atom is 0.146 e. The Morgan fingerprint density at radius 3 is 1.44 bits per heavy atom. The van der Waals surface area contributed by atoms with Crippen molar-refractivity contribution in [2.45, 2.75) is 19.5 Å². The molecule has 0 aliphatic heterocycles. The highest BCUT2D eigenvalue weighted by molar-refractivity contribution is 4.60. The van der Waals surface area contributed by atoms with Gasteiger partial charge in [-0.05, 0) is 7.05 Å². The molecule has 0 aromatic carbocycles. The van der Waals surface area contributed by atoms with Gasteiger partial charge in [0.25, 0.3) is 0 Å². The second kappa shape index (κ2) is 2.27. The molecule has 2 nitrogen and oxygen atoms in total. The zero-order valence-corrected chi connectivity index (χ0v) is 7.45. The predicted molar refractivity (Wildman–Crippen MR) is 41.2 cm³/mol. The van der Waals surface area contributed by atoms with Crippen LogP contribution in [0, 0.1) is 0 Å². The minimum Gasteiger partial charge on any atom is -0.314 e. The Morgan fingerprint density at radius 2 is 1.44 bits per heavy atom. The number of nitrogens with one attached hydrogen (secondary N) is 1. The average Bonchev–Trinajstić information content (AvgIpc) is 1.64. The number of hydrogen-bond donors (Lipinski definition) is 1. The third-order valence-electron chi connectivity index (χ3n) is 2.29. The van der Waals surface area contributed by atoms with Gasteiger partial charge in [0, 0.05) is 13.8 Å². The maximum absolute atomic E-state index is 3.25. The van der Waals surface area contributed by atoms with Crippen molar-refractivity contribution in [2.75, 3.05) is 28.2 Å². The standard InChI is InChI=1S/C7H19N2/c1-7(2,8-3)9(4,5)6/h8H,1-6H3/q+1. The molecule has 1 N–H and O–H groups in total. The lowest BCUT2D eigenvalue weighted by Gasteiger charge is -2.40. The van der Waals surface area contributed by atoms with E-state index in [1.54, 1.807) is 0 Å². The van der Waals surface area contributed by atoms with E-state index in [1.807, 2.05) is 7.05 Å². The highest BCUT2D eigenvalue weighted by atomic mass is 15.4. The van der Waals surface area contributed by atoms with Gasteiger partial charge >= 0.3 is 0 Å². The molecule has 9 heavy (non-hydrogen) atoms. The van der Waals surface area contributed by atoms with E-state index in [1.165, 1.54) is 0 Å².